The van der Waals surface area contributed by atoms with Gasteiger partial charge in [0.05, 0.1) is 0 Å². The number of likely N-dealkylation sites (tertiary alicyclic amines) is 1. The molecule has 0 radical (unpaired) electrons. The summed E-state index contributed by atoms with van der Waals surface area (Å²) in [5.41, 5.74) is 0. The maximum Gasteiger partial charge on any atom is 0.224 e. The second-order valence-electron chi connectivity index (χ2n) is 3.74. The van der Waals surface area contributed by atoms with Gasteiger partial charge in [0.25, 0.3) is 0 Å². The Labute approximate surface area is 104 Å². The second kappa shape index (κ2) is 5.50. The number of halogens is 1. The van der Waals surface area contributed by atoms with Crippen LogP contribution < -0.4 is 5.32 Å². The summed E-state index contributed by atoms with van der Waals surface area (Å²) in [6.45, 7) is 2.46. The normalized spacial score (nSPS) is 15.4. The average Bonchev–Trinajstić information content (AvgIpc) is 2.89. The third-order valence-electron chi connectivity index (χ3n) is 2.55. The molecule has 0 saturated carbocycles. The van der Waals surface area contributed by atoms with Crippen LogP contribution in [0.2, 0.25) is 5.15 Å². The van der Waals surface area contributed by atoms with Crippen molar-refractivity contribution in [1.29, 1.82) is 0 Å². The van der Waals surface area contributed by atoms with E-state index in [1.165, 1.54) is 11.3 Å². The SMILES string of the molecule is O=C(CCNc1nc(Cl)cs1)N1CCCC1. The molecule has 88 valence electrons. The number of amides is 1. The lowest BCUT2D eigenvalue weighted by molar-refractivity contribution is -0.129. The summed E-state index contributed by atoms with van der Waals surface area (Å²) in [5.74, 6) is 0.229. The molecule has 0 aromatic carbocycles. The van der Waals surface area contributed by atoms with Gasteiger partial charge in [-0.1, -0.05) is 11.6 Å². The van der Waals surface area contributed by atoms with Crippen LogP contribution in [0, 0.1) is 0 Å². The Morgan fingerprint density at radius 2 is 2.31 bits per heavy atom. The molecule has 0 unspecified atom stereocenters. The minimum Gasteiger partial charge on any atom is -0.361 e. The number of rotatable bonds is 4. The highest BCUT2D eigenvalue weighted by molar-refractivity contribution is 7.14. The van der Waals surface area contributed by atoms with Crippen LogP contribution in [-0.2, 0) is 4.79 Å². The standard InChI is InChI=1S/C10H14ClN3OS/c11-8-7-16-10(13-8)12-4-3-9(15)14-5-1-2-6-14/h7H,1-6H2,(H,12,13). The molecular formula is C10H14ClN3OS. The van der Waals surface area contributed by atoms with E-state index in [2.05, 4.69) is 10.3 Å². The van der Waals surface area contributed by atoms with Gasteiger partial charge in [0.15, 0.2) is 5.13 Å². The summed E-state index contributed by atoms with van der Waals surface area (Å²) < 4.78 is 0. The number of thiazole rings is 1. The summed E-state index contributed by atoms with van der Waals surface area (Å²) in [5, 5.41) is 6.14. The molecule has 0 spiro atoms. The summed E-state index contributed by atoms with van der Waals surface area (Å²) in [6.07, 6.45) is 2.81. The van der Waals surface area contributed by atoms with Crippen molar-refractivity contribution in [2.45, 2.75) is 19.3 Å². The average molecular weight is 260 g/mol. The van der Waals surface area contributed by atoms with Gasteiger partial charge < -0.3 is 10.2 Å². The van der Waals surface area contributed by atoms with Crippen LogP contribution >= 0.6 is 22.9 Å². The van der Waals surface area contributed by atoms with E-state index < -0.39 is 0 Å². The molecule has 1 aromatic heterocycles. The Hall–Kier alpha value is -0.810. The van der Waals surface area contributed by atoms with Gasteiger partial charge >= 0.3 is 0 Å². The predicted octanol–water partition coefficient (Wildman–Crippen LogP) is 2.22. The molecule has 1 amide bonds. The second-order valence-corrected chi connectivity index (χ2v) is 4.99. The van der Waals surface area contributed by atoms with E-state index in [-0.39, 0.29) is 5.91 Å². The third kappa shape index (κ3) is 3.09. The first-order valence-corrected chi connectivity index (χ1v) is 6.64. The van der Waals surface area contributed by atoms with Crippen molar-refractivity contribution in [1.82, 2.24) is 9.88 Å². The van der Waals surface area contributed by atoms with Crippen LogP contribution in [0.3, 0.4) is 0 Å². The molecule has 1 aliphatic heterocycles. The van der Waals surface area contributed by atoms with E-state index in [1.807, 2.05) is 4.90 Å². The Morgan fingerprint density at radius 1 is 1.56 bits per heavy atom. The van der Waals surface area contributed by atoms with Crippen LogP contribution in [0.25, 0.3) is 0 Å². The Kier molecular flexibility index (Phi) is 4.01. The maximum atomic E-state index is 11.7. The monoisotopic (exact) mass is 259 g/mol. The number of nitrogens with one attached hydrogen (secondary N) is 1. The molecule has 1 aliphatic rings. The highest BCUT2D eigenvalue weighted by Crippen LogP contribution is 2.18. The minimum absolute atomic E-state index is 0.229. The van der Waals surface area contributed by atoms with E-state index in [0.717, 1.165) is 31.1 Å². The molecule has 1 aromatic rings. The number of aromatic nitrogens is 1. The first-order valence-electron chi connectivity index (χ1n) is 5.38. The Balaban J connectivity index is 1.69. The van der Waals surface area contributed by atoms with Gasteiger partial charge in [0.2, 0.25) is 5.91 Å². The number of carbonyl (C=O) groups is 1. The van der Waals surface area contributed by atoms with Gasteiger partial charge in [0, 0.05) is 31.4 Å². The molecule has 16 heavy (non-hydrogen) atoms. The topological polar surface area (TPSA) is 45.2 Å². The van der Waals surface area contributed by atoms with Crippen molar-refractivity contribution in [3.05, 3.63) is 10.5 Å². The van der Waals surface area contributed by atoms with Gasteiger partial charge in [-0.25, -0.2) is 4.98 Å². The van der Waals surface area contributed by atoms with Crippen LogP contribution in [0.5, 0.6) is 0 Å². The van der Waals surface area contributed by atoms with Gasteiger partial charge in [0.1, 0.15) is 5.15 Å². The zero-order valence-corrected chi connectivity index (χ0v) is 10.5. The first-order chi connectivity index (χ1) is 7.75. The van der Waals surface area contributed by atoms with Gasteiger partial charge in [-0.3, -0.25) is 4.79 Å². The Bertz CT molecular complexity index is 363. The zero-order chi connectivity index (χ0) is 11.4. The van der Waals surface area contributed by atoms with Crippen LogP contribution in [-0.4, -0.2) is 35.4 Å². The van der Waals surface area contributed by atoms with Crippen molar-refractivity contribution in [2.24, 2.45) is 0 Å². The largest absolute Gasteiger partial charge is 0.361 e. The van der Waals surface area contributed by atoms with E-state index >= 15 is 0 Å². The molecule has 1 fully saturated rings. The molecule has 6 heteroatoms. The third-order valence-corrected chi connectivity index (χ3v) is 3.67. The molecule has 0 bridgehead atoms. The van der Waals surface area contributed by atoms with Crippen LogP contribution in [0.15, 0.2) is 5.38 Å². The number of anilines is 1. The lowest BCUT2D eigenvalue weighted by Gasteiger charge is -2.14. The lowest BCUT2D eigenvalue weighted by atomic mass is 10.3. The van der Waals surface area contributed by atoms with Crippen LogP contribution in [0.4, 0.5) is 5.13 Å². The van der Waals surface area contributed by atoms with Crippen molar-refractivity contribution in [3.8, 4) is 0 Å². The molecule has 2 rings (SSSR count). The quantitative estimate of drug-likeness (QED) is 0.902. The lowest BCUT2D eigenvalue weighted by Crippen LogP contribution is -2.29. The summed E-state index contributed by atoms with van der Waals surface area (Å²) in [7, 11) is 0. The van der Waals surface area contributed by atoms with Gasteiger partial charge in [-0.05, 0) is 12.8 Å². The molecule has 0 atom stereocenters. The molecule has 2 heterocycles. The van der Waals surface area contributed by atoms with Crippen LogP contribution in [0.1, 0.15) is 19.3 Å². The van der Waals surface area contributed by atoms with Crippen molar-refractivity contribution < 1.29 is 4.79 Å². The highest BCUT2D eigenvalue weighted by Gasteiger charge is 2.16. The van der Waals surface area contributed by atoms with Crippen molar-refractivity contribution >= 4 is 34.0 Å². The van der Waals surface area contributed by atoms with Crippen molar-refractivity contribution in [3.63, 3.8) is 0 Å². The number of carbonyl (C=O) groups excluding carboxylic acids is 1. The fourth-order valence-electron chi connectivity index (χ4n) is 1.74. The fraction of sp³-hybridized carbons (Fsp3) is 0.600. The van der Waals surface area contributed by atoms with Crippen molar-refractivity contribution in [2.75, 3.05) is 25.0 Å². The molecule has 1 saturated heterocycles. The summed E-state index contributed by atoms with van der Waals surface area (Å²) in [4.78, 5) is 17.7. The van der Waals surface area contributed by atoms with E-state index in [1.54, 1.807) is 5.38 Å². The zero-order valence-electron chi connectivity index (χ0n) is 8.91. The van der Waals surface area contributed by atoms with E-state index in [0.29, 0.717) is 18.1 Å². The smallest absolute Gasteiger partial charge is 0.224 e. The molecule has 0 aliphatic carbocycles. The number of nitrogens with zero attached hydrogens (tertiary/aromatic N) is 2. The fourth-order valence-corrected chi connectivity index (χ4v) is 2.60. The summed E-state index contributed by atoms with van der Waals surface area (Å²) in [6, 6.07) is 0. The van der Waals surface area contributed by atoms with E-state index in [4.69, 9.17) is 11.6 Å². The Morgan fingerprint density at radius 3 is 2.94 bits per heavy atom. The number of hydrogen-bond donors (Lipinski definition) is 1. The summed E-state index contributed by atoms with van der Waals surface area (Å²) >= 11 is 7.14. The van der Waals surface area contributed by atoms with Gasteiger partial charge in [-0.15, -0.1) is 11.3 Å². The van der Waals surface area contributed by atoms with E-state index in [9.17, 15) is 4.79 Å². The highest BCUT2D eigenvalue weighted by atomic mass is 35.5. The predicted molar refractivity (Wildman–Crippen MR) is 66.0 cm³/mol. The molecular weight excluding hydrogens is 246 g/mol. The molecule has 1 N–H and O–H groups in total. The molecule has 4 nitrogen and oxygen atoms in total. The minimum atomic E-state index is 0.229. The maximum absolute atomic E-state index is 11.7. The first kappa shape index (κ1) is 11.7. The number of hydrogen-bond acceptors (Lipinski definition) is 4. The van der Waals surface area contributed by atoms with Gasteiger partial charge in [-0.2, -0.15) is 0 Å².